The lowest BCUT2D eigenvalue weighted by Crippen LogP contribution is -2.41. The summed E-state index contributed by atoms with van der Waals surface area (Å²) < 4.78 is 0. The predicted octanol–water partition coefficient (Wildman–Crippen LogP) is 1.36. The number of nitrogens with zero attached hydrogens (tertiary/aromatic N) is 4. The normalized spacial score (nSPS) is 16.6. The van der Waals surface area contributed by atoms with Gasteiger partial charge in [0.25, 0.3) is 0 Å². The van der Waals surface area contributed by atoms with Crippen LogP contribution in [0.25, 0.3) is 11.4 Å². The van der Waals surface area contributed by atoms with Crippen LogP contribution in [0.1, 0.15) is 18.4 Å². The van der Waals surface area contributed by atoms with Crippen molar-refractivity contribution in [2.24, 2.45) is 0 Å². The first-order valence-electron chi connectivity index (χ1n) is 7.03. The molecule has 0 aromatic carbocycles. The Morgan fingerprint density at radius 1 is 1.30 bits per heavy atom. The molecular formula is C14H20N6. The lowest BCUT2D eigenvalue weighted by atomic mass is 10.1. The number of nitrogens with one attached hydrogen (secondary N) is 2. The predicted molar refractivity (Wildman–Crippen MR) is 78.6 cm³/mol. The van der Waals surface area contributed by atoms with Crippen LogP contribution in [-0.2, 0) is 0 Å². The van der Waals surface area contributed by atoms with E-state index in [0.29, 0.717) is 6.04 Å². The molecule has 6 nitrogen and oxygen atoms in total. The maximum atomic E-state index is 4.59. The Morgan fingerprint density at radius 2 is 2.10 bits per heavy atom. The minimum Gasteiger partial charge on any atom is -0.339 e. The lowest BCUT2D eigenvalue weighted by molar-refractivity contribution is 0.439. The molecule has 0 bridgehead atoms. The summed E-state index contributed by atoms with van der Waals surface area (Å²) in [5.74, 6) is 1.57. The van der Waals surface area contributed by atoms with Gasteiger partial charge in [-0.3, -0.25) is 10.1 Å². The van der Waals surface area contributed by atoms with Gasteiger partial charge in [-0.15, -0.1) is 5.10 Å². The molecule has 0 saturated carbocycles. The van der Waals surface area contributed by atoms with Gasteiger partial charge in [-0.1, -0.05) is 0 Å². The second kappa shape index (κ2) is 5.58. The molecule has 0 aliphatic carbocycles. The number of aromatic nitrogens is 4. The van der Waals surface area contributed by atoms with E-state index in [9.17, 15) is 0 Å². The van der Waals surface area contributed by atoms with E-state index in [0.717, 1.165) is 48.8 Å². The number of anilines is 1. The third kappa shape index (κ3) is 2.65. The number of aryl methyl sites for hydroxylation is 1. The average Bonchev–Trinajstić information content (AvgIpc) is 2.97. The molecule has 3 heterocycles. The van der Waals surface area contributed by atoms with Gasteiger partial charge in [-0.25, -0.2) is 0 Å². The summed E-state index contributed by atoms with van der Waals surface area (Å²) in [5.41, 5.74) is 2.10. The van der Waals surface area contributed by atoms with E-state index < -0.39 is 0 Å². The van der Waals surface area contributed by atoms with Crippen molar-refractivity contribution in [1.82, 2.24) is 25.5 Å². The highest BCUT2D eigenvalue weighted by atomic mass is 15.4. The number of piperidine rings is 1. The Labute approximate surface area is 118 Å². The molecule has 0 atom stereocenters. The molecule has 106 valence electrons. The van der Waals surface area contributed by atoms with Crippen LogP contribution in [0.4, 0.5) is 5.95 Å². The van der Waals surface area contributed by atoms with E-state index in [2.05, 4.69) is 36.4 Å². The van der Waals surface area contributed by atoms with Crippen molar-refractivity contribution in [1.29, 1.82) is 0 Å². The second-order valence-corrected chi connectivity index (χ2v) is 5.28. The van der Waals surface area contributed by atoms with E-state index >= 15 is 0 Å². The van der Waals surface area contributed by atoms with Crippen molar-refractivity contribution in [3.63, 3.8) is 0 Å². The molecule has 0 spiro atoms. The number of pyridine rings is 1. The van der Waals surface area contributed by atoms with Crippen LogP contribution in [0.5, 0.6) is 0 Å². The Hall–Kier alpha value is -1.95. The number of H-pyrrole nitrogens is 1. The number of aromatic amines is 1. The van der Waals surface area contributed by atoms with Gasteiger partial charge < -0.3 is 10.2 Å². The molecule has 2 N–H and O–H groups in total. The Morgan fingerprint density at radius 3 is 2.80 bits per heavy atom. The zero-order valence-corrected chi connectivity index (χ0v) is 11.9. The fraction of sp³-hybridized carbons (Fsp3) is 0.500. The summed E-state index contributed by atoms with van der Waals surface area (Å²) in [6.45, 7) is 4.01. The molecule has 1 aliphatic heterocycles. The first kappa shape index (κ1) is 13.1. The largest absolute Gasteiger partial charge is 0.339 e. The number of rotatable bonds is 3. The van der Waals surface area contributed by atoms with Gasteiger partial charge in [0, 0.05) is 37.1 Å². The Bertz CT molecular complexity index is 571. The molecule has 0 unspecified atom stereocenters. The van der Waals surface area contributed by atoms with Crippen molar-refractivity contribution >= 4 is 5.95 Å². The molecule has 1 saturated heterocycles. The van der Waals surface area contributed by atoms with Crippen LogP contribution in [0.2, 0.25) is 0 Å². The van der Waals surface area contributed by atoms with Crippen LogP contribution in [0.15, 0.2) is 18.5 Å². The Balaban J connectivity index is 1.74. The summed E-state index contributed by atoms with van der Waals surface area (Å²) >= 11 is 0. The van der Waals surface area contributed by atoms with Gasteiger partial charge in [0.2, 0.25) is 5.95 Å². The standard InChI is InChI=1S/C14H20N6/c1-10-7-11(9-16-8-10)13-17-14(19-18-13)20-5-3-12(15-2)4-6-20/h7-9,12,15H,3-6H2,1-2H3,(H,17,18,19). The highest BCUT2D eigenvalue weighted by molar-refractivity contribution is 5.55. The molecule has 0 amide bonds. The highest BCUT2D eigenvalue weighted by Crippen LogP contribution is 2.20. The highest BCUT2D eigenvalue weighted by Gasteiger charge is 2.20. The lowest BCUT2D eigenvalue weighted by Gasteiger charge is -2.30. The van der Waals surface area contributed by atoms with Gasteiger partial charge in [0.15, 0.2) is 5.82 Å². The SMILES string of the molecule is CNC1CCN(c2n[nH]c(-c3cncc(C)c3)n2)CC1. The third-order valence-electron chi connectivity index (χ3n) is 3.81. The first-order chi connectivity index (χ1) is 9.76. The molecule has 2 aromatic rings. The van der Waals surface area contributed by atoms with Gasteiger partial charge in [-0.05, 0) is 38.4 Å². The third-order valence-corrected chi connectivity index (χ3v) is 3.81. The van der Waals surface area contributed by atoms with Gasteiger partial charge in [0.05, 0.1) is 0 Å². The van der Waals surface area contributed by atoms with Crippen molar-refractivity contribution in [3.8, 4) is 11.4 Å². The van der Waals surface area contributed by atoms with Crippen molar-refractivity contribution in [2.45, 2.75) is 25.8 Å². The molecule has 1 fully saturated rings. The van der Waals surface area contributed by atoms with Crippen LogP contribution in [0.3, 0.4) is 0 Å². The summed E-state index contributed by atoms with van der Waals surface area (Å²) in [6.07, 6.45) is 5.91. The number of hydrogen-bond donors (Lipinski definition) is 2. The van der Waals surface area contributed by atoms with Gasteiger partial charge >= 0.3 is 0 Å². The van der Waals surface area contributed by atoms with Crippen molar-refractivity contribution in [3.05, 3.63) is 24.0 Å². The van der Waals surface area contributed by atoms with E-state index in [1.54, 1.807) is 0 Å². The summed E-state index contributed by atoms with van der Waals surface area (Å²) in [7, 11) is 2.02. The number of hydrogen-bond acceptors (Lipinski definition) is 5. The van der Waals surface area contributed by atoms with E-state index in [-0.39, 0.29) is 0 Å². The maximum absolute atomic E-state index is 4.59. The fourth-order valence-corrected chi connectivity index (χ4v) is 2.58. The zero-order valence-electron chi connectivity index (χ0n) is 11.9. The van der Waals surface area contributed by atoms with Crippen LogP contribution < -0.4 is 10.2 Å². The summed E-state index contributed by atoms with van der Waals surface area (Å²) in [6, 6.07) is 2.68. The van der Waals surface area contributed by atoms with Gasteiger partial charge in [-0.2, -0.15) is 4.98 Å². The van der Waals surface area contributed by atoms with E-state index in [4.69, 9.17) is 0 Å². The van der Waals surface area contributed by atoms with E-state index in [1.807, 2.05) is 26.4 Å². The van der Waals surface area contributed by atoms with Crippen LogP contribution in [-0.4, -0.2) is 46.3 Å². The monoisotopic (exact) mass is 272 g/mol. The zero-order chi connectivity index (χ0) is 13.9. The molecule has 2 aromatic heterocycles. The molecule has 3 rings (SSSR count). The van der Waals surface area contributed by atoms with Gasteiger partial charge in [0.1, 0.15) is 0 Å². The molecule has 20 heavy (non-hydrogen) atoms. The van der Waals surface area contributed by atoms with Crippen LogP contribution in [0, 0.1) is 6.92 Å². The Kier molecular flexibility index (Phi) is 3.64. The maximum Gasteiger partial charge on any atom is 0.245 e. The second-order valence-electron chi connectivity index (χ2n) is 5.28. The molecule has 0 radical (unpaired) electrons. The first-order valence-corrected chi connectivity index (χ1v) is 7.03. The molecule has 6 heteroatoms. The van der Waals surface area contributed by atoms with Crippen LogP contribution >= 0.6 is 0 Å². The average molecular weight is 272 g/mol. The van der Waals surface area contributed by atoms with E-state index in [1.165, 1.54) is 0 Å². The minimum atomic E-state index is 0.616. The topological polar surface area (TPSA) is 69.7 Å². The molecule has 1 aliphatic rings. The quantitative estimate of drug-likeness (QED) is 0.883. The summed E-state index contributed by atoms with van der Waals surface area (Å²) in [5, 5.41) is 10.7. The fourth-order valence-electron chi connectivity index (χ4n) is 2.58. The van der Waals surface area contributed by atoms with Crippen molar-refractivity contribution < 1.29 is 0 Å². The van der Waals surface area contributed by atoms with Crippen molar-refractivity contribution in [2.75, 3.05) is 25.0 Å². The summed E-state index contributed by atoms with van der Waals surface area (Å²) in [4.78, 5) is 11.0. The molecular weight excluding hydrogens is 252 g/mol. The minimum absolute atomic E-state index is 0.616. The smallest absolute Gasteiger partial charge is 0.245 e.